The number of primary amides is 1. The van der Waals surface area contributed by atoms with E-state index in [1.54, 1.807) is 11.3 Å². The zero-order valence-electron chi connectivity index (χ0n) is 12.7. The normalized spacial score (nSPS) is 20.5. The molecule has 3 rings (SSSR count). The minimum Gasteiger partial charge on any atom is -0.369 e. The Labute approximate surface area is 138 Å². The molecular weight excluding hydrogens is 310 g/mol. The zero-order valence-corrected chi connectivity index (χ0v) is 13.5. The lowest BCUT2D eigenvalue weighted by atomic mass is 9.88. The maximum atomic E-state index is 12.2. The summed E-state index contributed by atoms with van der Waals surface area (Å²) in [5.41, 5.74) is 6.38. The van der Waals surface area contributed by atoms with E-state index in [0.29, 0.717) is 25.7 Å². The molecule has 0 aliphatic heterocycles. The van der Waals surface area contributed by atoms with Crippen LogP contribution in [0.5, 0.6) is 0 Å². The molecule has 2 aromatic rings. The number of rotatable bonds is 5. The van der Waals surface area contributed by atoms with Crippen LogP contribution in [-0.2, 0) is 16.0 Å². The number of amides is 2. The molecule has 6 heteroatoms. The molecule has 1 aromatic heterocycles. The number of thiazole rings is 1. The Hall–Kier alpha value is -2.21. The topological polar surface area (TPSA) is 85.1 Å². The summed E-state index contributed by atoms with van der Waals surface area (Å²) in [6.45, 7) is 0. The molecule has 120 valence electrons. The molecule has 2 amide bonds. The van der Waals surface area contributed by atoms with Gasteiger partial charge in [-0.3, -0.25) is 9.59 Å². The molecule has 0 bridgehead atoms. The number of hydrogen-bond donors (Lipinski definition) is 2. The average molecular weight is 329 g/mol. The largest absolute Gasteiger partial charge is 0.369 e. The SMILES string of the molecule is NC(=O)[C@@H]1CC=CC[C@H]1NC(=O)CCc1nc2ccccc2s1. The Bertz CT molecular complexity index is 720. The highest BCUT2D eigenvalue weighted by Crippen LogP contribution is 2.23. The van der Waals surface area contributed by atoms with Crippen LogP contribution in [-0.4, -0.2) is 22.8 Å². The van der Waals surface area contributed by atoms with Crippen LogP contribution in [0.3, 0.4) is 0 Å². The van der Waals surface area contributed by atoms with Gasteiger partial charge in [-0.1, -0.05) is 24.3 Å². The van der Waals surface area contributed by atoms with Gasteiger partial charge in [-0.15, -0.1) is 11.3 Å². The highest BCUT2D eigenvalue weighted by atomic mass is 32.1. The molecule has 2 atom stereocenters. The van der Waals surface area contributed by atoms with Crippen molar-refractivity contribution in [2.45, 2.75) is 31.7 Å². The summed E-state index contributed by atoms with van der Waals surface area (Å²) >= 11 is 1.61. The summed E-state index contributed by atoms with van der Waals surface area (Å²) in [6.07, 6.45) is 6.15. The van der Waals surface area contributed by atoms with Gasteiger partial charge in [0.25, 0.3) is 0 Å². The van der Waals surface area contributed by atoms with Crippen LogP contribution in [0.25, 0.3) is 10.2 Å². The lowest BCUT2D eigenvalue weighted by Crippen LogP contribution is -2.46. The first kappa shape index (κ1) is 15.7. The second kappa shape index (κ2) is 6.91. The summed E-state index contributed by atoms with van der Waals surface area (Å²) in [4.78, 5) is 28.1. The van der Waals surface area contributed by atoms with Crippen LogP contribution in [0, 0.1) is 5.92 Å². The molecule has 0 unspecified atom stereocenters. The van der Waals surface area contributed by atoms with Crippen LogP contribution in [0.4, 0.5) is 0 Å². The third-order valence-electron chi connectivity index (χ3n) is 4.05. The highest BCUT2D eigenvalue weighted by Gasteiger charge is 2.28. The maximum absolute atomic E-state index is 12.2. The minimum atomic E-state index is -0.356. The molecule has 0 saturated carbocycles. The first-order valence-corrected chi connectivity index (χ1v) is 8.53. The van der Waals surface area contributed by atoms with E-state index >= 15 is 0 Å². The van der Waals surface area contributed by atoms with Gasteiger partial charge in [0.1, 0.15) is 0 Å². The first-order valence-electron chi connectivity index (χ1n) is 7.71. The smallest absolute Gasteiger partial charge is 0.222 e. The molecule has 0 spiro atoms. The van der Waals surface area contributed by atoms with E-state index in [1.165, 1.54) is 0 Å². The molecule has 0 radical (unpaired) electrons. The lowest BCUT2D eigenvalue weighted by Gasteiger charge is -2.26. The summed E-state index contributed by atoms with van der Waals surface area (Å²) in [6, 6.07) is 7.75. The number of nitrogens with zero attached hydrogens (tertiary/aromatic N) is 1. The van der Waals surface area contributed by atoms with Crippen LogP contribution >= 0.6 is 11.3 Å². The molecule has 5 nitrogen and oxygen atoms in total. The fourth-order valence-corrected chi connectivity index (χ4v) is 3.78. The standard InChI is InChI=1S/C17H19N3O2S/c18-17(22)11-5-1-2-6-12(11)19-15(21)9-10-16-20-13-7-3-4-8-14(13)23-16/h1-4,7-8,11-12H,5-6,9-10H2,(H2,18,22)(H,19,21)/t11-,12-/m1/s1. The van der Waals surface area contributed by atoms with Gasteiger partial charge in [-0.05, 0) is 25.0 Å². The Kier molecular flexibility index (Phi) is 4.71. The second-order valence-electron chi connectivity index (χ2n) is 5.70. The van der Waals surface area contributed by atoms with Crippen molar-refractivity contribution in [1.82, 2.24) is 10.3 Å². The van der Waals surface area contributed by atoms with E-state index in [0.717, 1.165) is 15.2 Å². The van der Waals surface area contributed by atoms with Gasteiger partial charge >= 0.3 is 0 Å². The van der Waals surface area contributed by atoms with Gasteiger partial charge in [0.15, 0.2) is 0 Å². The molecule has 1 aromatic carbocycles. The number of nitrogens with two attached hydrogens (primary N) is 1. The fourth-order valence-electron chi connectivity index (χ4n) is 2.81. The van der Waals surface area contributed by atoms with Gasteiger partial charge in [0.05, 0.1) is 21.1 Å². The molecule has 1 aliphatic rings. The number of hydrogen-bond acceptors (Lipinski definition) is 4. The van der Waals surface area contributed by atoms with E-state index in [1.807, 2.05) is 36.4 Å². The van der Waals surface area contributed by atoms with E-state index in [4.69, 9.17) is 5.73 Å². The predicted molar refractivity (Wildman–Crippen MR) is 90.9 cm³/mol. The maximum Gasteiger partial charge on any atom is 0.222 e. The van der Waals surface area contributed by atoms with Crippen molar-refractivity contribution in [3.05, 3.63) is 41.4 Å². The van der Waals surface area contributed by atoms with Crippen molar-refractivity contribution in [3.8, 4) is 0 Å². The van der Waals surface area contributed by atoms with E-state index in [-0.39, 0.29) is 23.8 Å². The van der Waals surface area contributed by atoms with E-state index < -0.39 is 0 Å². The Morgan fingerprint density at radius 1 is 1.26 bits per heavy atom. The fraction of sp³-hybridized carbons (Fsp3) is 0.353. The lowest BCUT2D eigenvalue weighted by molar-refractivity contribution is -0.125. The molecular formula is C17H19N3O2S. The van der Waals surface area contributed by atoms with Gasteiger partial charge in [0.2, 0.25) is 11.8 Å². The highest BCUT2D eigenvalue weighted by molar-refractivity contribution is 7.18. The number of aryl methyl sites for hydroxylation is 1. The Morgan fingerprint density at radius 3 is 2.83 bits per heavy atom. The number of benzene rings is 1. The molecule has 0 fully saturated rings. The van der Waals surface area contributed by atoms with Gasteiger partial charge in [0, 0.05) is 18.9 Å². The van der Waals surface area contributed by atoms with E-state index in [9.17, 15) is 9.59 Å². The van der Waals surface area contributed by atoms with Crippen molar-refractivity contribution in [2.24, 2.45) is 11.7 Å². The van der Waals surface area contributed by atoms with Crippen LogP contribution in [0.1, 0.15) is 24.3 Å². The predicted octanol–water partition coefficient (Wildman–Crippen LogP) is 2.17. The van der Waals surface area contributed by atoms with Crippen LogP contribution in [0.15, 0.2) is 36.4 Å². The second-order valence-corrected chi connectivity index (χ2v) is 6.82. The summed E-state index contributed by atoms with van der Waals surface area (Å²) in [5, 5.41) is 3.90. The molecule has 1 aliphatic carbocycles. The minimum absolute atomic E-state index is 0.0594. The molecule has 3 N–H and O–H groups in total. The Balaban J connectivity index is 1.56. The number of carbonyl (C=O) groups is 2. The quantitative estimate of drug-likeness (QED) is 0.824. The van der Waals surface area contributed by atoms with Crippen molar-refractivity contribution in [2.75, 3.05) is 0 Å². The van der Waals surface area contributed by atoms with Crippen LogP contribution < -0.4 is 11.1 Å². The zero-order chi connectivity index (χ0) is 16.2. The first-order chi connectivity index (χ1) is 11.1. The number of nitrogens with one attached hydrogen (secondary N) is 1. The Morgan fingerprint density at radius 2 is 2.04 bits per heavy atom. The monoisotopic (exact) mass is 329 g/mol. The van der Waals surface area contributed by atoms with Gasteiger partial charge < -0.3 is 11.1 Å². The van der Waals surface area contributed by atoms with Crippen LogP contribution in [0.2, 0.25) is 0 Å². The summed E-state index contributed by atoms with van der Waals surface area (Å²) in [5.74, 6) is -0.729. The van der Waals surface area contributed by atoms with Crippen molar-refractivity contribution < 1.29 is 9.59 Å². The number of fused-ring (bicyclic) bond motifs is 1. The van der Waals surface area contributed by atoms with Gasteiger partial charge in [-0.25, -0.2) is 4.98 Å². The number of para-hydroxylation sites is 1. The van der Waals surface area contributed by atoms with Crippen molar-refractivity contribution >= 4 is 33.4 Å². The molecule has 0 saturated heterocycles. The molecule has 23 heavy (non-hydrogen) atoms. The van der Waals surface area contributed by atoms with Crippen molar-refractivity contribution in [3.63, 3.8) is 0 Å². The van der Waals surface area contributed by atoms with E-state index in [2.05, 4.69) is 10.3 Å². The third-order valence-corrected chi connectivity index (χ3v) is 5.14. The number of allylic oxidation sites excluding steroid dienone is 1. The molecule has 1 heterocycles. The summed E-state index contributed by atoms with van der Waals surface area (Å²) < 4.78 is 1.13. The number of aromatic nitrogens is 1. The summed E-state index contributed by atoms with van der Waals surface area (Å²) in [7, 11) is 0. The average Bonchev–Trinajstić information content (AvgIpc) is 2.96. The number of carbonyl (C=O) groups excluding carboxylic acids is 2. The van der Waals surface area contributed by atoms with Crippen molar-refractivity contribution in [1.29, 1.82) is 0 Å². The van der Waals surface area contributed by atoms with Gasteiger partial charge in [-0.2, -0.15) is 0 Å². The third kappa shape index (κ3) is 3.76.